The summed E-state index contributed by atoms with van der Waals surface area (Å²) in [6.45, 7) is 0.421. The molecule has 0 unspecified atom stereocenters. The van der Waals surface area contributed by atoms with Crippen LogP contribution in [-0.4, -0.2) is 22.4 Å². The number of aromatic nitrogens is 1. The number of amides is 1. The Labute approximate surface area is 126 Å². The van der Waals surface area contributed by atoms with Gasteiger partial charge in [0.15, 0.2) is 0 Å². The molecule has 1 atom stereocenters. The van der Waals surface area contributed by atoms with E-state index >= 15 is 0 Å². The number of pyridine rings is 1. The monoisotopic (exact) mass is 298 g/mol. The van der Waals surface area contributed by atoms with Gasteiger partial charge < -0.3 is 10.6 Å². The molecular formula is C15H14N4O3. The number of nitro groups is 1. The summed E-state index contributed by atoms with van der Waals surface area (Å²) in [6, 6.07) is 10.5. The van der Waals surface area contributed by atoms with E-state index < -0.39 is 4.92 Å². The van der Waals surface area contributed by atoms with E-state index in [0.29, 0.717) is 13.0 Å². The van der Waals surface area contributed by atoms with Crippen LogP contribution in [-0.2, 0) is 4.79 Å². The third kappa shape index (κ3) is 2.60. The Balaban J connectivity index is 1.67. The van der Waals surface area contributed by atoms with E-state index in [0.717, 1.165) is 11.3 Å². The molecule has 0 saturated heterocycles. The Hall–Kier alpha value is -2.96. The van der Waals surface area contributed by atoms with Crippen molar-refractivity contribution in [2.75, 3.05) is 17.2 Å². The minimum atomic E-state index is -0.479. The second-order valence-electron chi connectivity index (χ2n) is 4.97. The highest BCUT2D eigenvalue weighted by Gasteiger charge is 2.29. The molecule has 0 radical (unpaired) electrons. The predicted molar refractivity (Wildman–Crippen MR) is 81.8 cm³/mol. The molecule has 0 bridgehead atoms. The molecule has 1 aromatic carbocycles. The maximum atomic E-state index is 12.0. The quantitative estimate of drug-likeness (QED) is 0.653. The lowest BCUT2D eigenvalue weighted by Crippen LogP contribution is -2.16. The van der Waals surface area contributed by atoms with Crippen molar-refractivity contribution in [2.45, 2.75) is 12.3 Å². The van der Waals surface area contributed by atoms with Crippen molar-refractivity contribution in [1.82, 2.24) is 4.98 Å². The minimum Gasteiger partial charge on any atom is -0.364 e. The minimum absolute atomic E-state index is 0.0430. The third-order valence-electron chi connectivity index (χ3n) is 3.62. The Morgan fingerprint density at radius 2 is 2.09 bits per heavy atom. The van der Waals surface area contributed by atoms with E-state index in [4.69, 9.17) is 0 Å². The molecule has 2 heterocycles. The van der Waals surface area contributed by atoms with Gasteiger partial charge in [-0.2, -0.15) is 0 Å². The highest BCUT2D eigenvalue weighted by molar-refractivity contribution is 6.02. The first-order chi connectivity index (χ1) is 10.7. The lowest BCUT2D eigenvalue weighted by molar-refractivity contribution is -0.384. The molecule has 7 nitrogen and oxygen atoms in total. The molecule has 7 heteroatoms. The second kappa shape index (κ2) is 5.80. The van der Waals surface area contributed by atoms with Gasteiger partial charge >= 0.3 is 5.69 Å². The number of fused-ring (bicyclic) bond motifs is 1. The molecule has 2 N–H and O–H groups in total. The van der Waals surface area contributed by atoms with Gasteiger partial charge in [-0.15, -0.1) is 0 Å². The van der Waals surface area contributed by atoms with E-state index in [-0.39, 0.29) is 23.3 Å². The number of nitrogens with one attached hydrogen (secondary N) is 2. The predicted octanol–water partition coefficient (Wildman–Crippen LogP) is 2.53. The van der Waals surface area contributed by atoms with E-state index in [9.17, 15) is 14.9 Å². The highest BCUT2D eigenvalue weighted by Crippen LogP contribution is 2.34. The Morgan fingerprint density at radius 3 is 2.91 bits per heavy atom. The van der Waals surface area contributed by atoms with Crippen molar-refractivity contribution in [1.29, 1.82) is 0 Å². The van der Waals surface area contributed by atoms with Crippen LogP contribution in [0, 0.1) is 10.1 Å². The highest BCUT2D eigenvalue weighted by atomic mass is 16.6. The van der Waals surface area contributed by atoms with Gasteiger partial charge in [0.2, 0.25) is 11.7 Å². The average Bonchev–Trinajstić information content (AvgIpc) is 2.83. The zero-order valence-corrected chi connectivity index (χ0v) is 11.7. The van der Waals surface area contributed by atoms with Gasteiger partial charge in [-0.1, -0.05) is 18.2 Å². The first kappa shape index (κ1) is 14.0. The Morgan fingerprint density at radius 1 is 1.27 bits per heavy atom. The van der Waals surface area contributed by atoms with Crippen molar-refractivity contribution in [3.05, 3.63) is 58.3 Å². The standard InChI is InChI=1S/C15H14N4O3/c20-15-11(10-4-1-2-5-12(10)18-15)7-9-17-14-13(19(21)22)6-3-8-16-14/h1-6,8,11H,7,9H2,(H,16,17)(H,18,20)/t11-/m1/s1. The topological polar surface area (TPSA) is 97.2 Å². The van der Waals surface area contributed by atoms with Gasteiger partial charge in [0.25, 0.3) is 0 Å². The molecule has 1 aliphatic heterocycles. The summed E-state index contributed by atoms with van der Waals surface area (Å²) in [7, 11) is 0. The van der Waals surface area contributed by atoms with Gasteiger partial charge in [0.05, 0.1) is 10.8 Å². The van der Waals surface area contributed by atoms with E-state index in [1.165, 1.54) is 18.3 Å². The van der Waals surface area contributed by atoms with Gasteiger partial charge in [-0.25, -0.2) is 4.98 Å². The normalized spacial score (nSPS) is 16.0. The lowest BCUT2D eigenvalue weighted by Gasteiger charge is -2.10. The number of carbonyl (C=O) groups is 1. The lowest BCUT2D eigenvalue weighted by atomic mass is 9.97. The number of nitrogens with zero attached hydrogens (tertiary/aromatic N) is 2. The molecule has 1 aromatic heterocycles. The smallest absolute Gasteiger partial charge is 0.311 e. The van der Waals surface area contributed by atoms with E-state index in [2.05, 4.69) is 15.6 Å². The first-order valence-electron chi connectivity index (χ1n) is 6.90. The van der Waals surface area contributed by atoms with Crippen LogP contribution in [0.2, 0.25) is 0 Å². The SMILES string of the molecule is O=C1Nc2ccccc2[C@H]1CCNc1ncccc1[N+](=O)[O-]. The third-order valence-corrected chi connectivity index (χ3v) is 3.62. The largest absolute Gasteiger partial charge is 0.364 e. The van der Waals surface area contributed by atoms with E-state index in [1.807, 2.05) is 24.3 Å². The van der Waals surface area contributed by atoms with Crippen LogP contribution < -0.4 is 10.6 Å². The van der Waals surface area contributed by atoms with Gasteiger partial charge in [-0.3, -0.25) is 14.9 Å². The molecule has 0 aliphatic carbocycles. The number of hydrogen-bond donors (Lipinski definition) is 2. The maximum absolute atomic E-state index is 12.0. The average molecular weight is 298 g/mol. The van der Waals surface area contributed by atoms with Crippen molar-refractivity contribution < 1.29 is 9.72 Å². The fourth-order valence-corrected chi connectivity index (χ4v) is 2.58. The van der Waals surface area contributed by atoms with Crippen LogP contribution in [0.5, 0.6) is 0 Å². The number of benzene rings is 1. The molecular weight excluding hydrogens is 284 g/mol. The summed E-state index contributed by atoms with van der Waals surface area (Å²) in [5.41, 5.74) is 1.73. The van der Waals surface area contributed by atoms with Crippen LogP contribution in [0.1, 0.15) is 17.9 Å². The van der Waals surface area contributed by atoms with Crippen molar-refractivity contribution in [2.24, 2.45) is 0 Å². The van der Waals surface area contributed by atoms with Crippen LogP contribution >= 0.6 is 0 Å². The molecule has 22 heavy (non-hydrogen) atoms. The van der Waals surface area contributed by atoms with Crippen molar-refractivity contribution >= 4 is 23.1 Å². The second-order valence-corrected chi connectivity index (χ2v) is 4.97. The molecule has 2 aromatic rings. The van der Waals surface area contributed by atoms with Crippen LogP contribution in [0.4, 0.5) is 17.2 Å². The zero-order valence-electron chi connectivity index (χ0n) is 11.7. The van der Waals surface area contributed by atoms with E-state index in [1.54, 1.807) is 0 Å². The number of hydrogen-bond acceptors (Lipinski definition) is 5. The summed E-state index contributed by atoms with van der Waals surface area (Å²) >= 11 is 0. The van der Waals surface area contributed by atoms with Crippen molar-refractivity contribution in [3.8, 4) is 0 Å². The van der Waals surface area contributed by atoms with Gasteiger partial charge in [-0.05, 0) is 24.1 Å². The zero-order chi connectivity index (χ0) is 15.5. The fraction of sp³-hybridized carbons (Fsp3) is 0.200. The number of anilines is 2. The molecule has 3 rings (SSSR count). The van der Waals surface area contributed by atoms with Gasteiger partial charge in [0.1, 0.15) is 0 Å². The molecule has 0 fully saturated rings. The fourth-order valence-electron chi connectivity index (χ4n) is 2.58. The summed E-state index contributed by atoms with van der Waals surface area (Å²) in [6.07, 6.45) is 2.03. The maximum Gasteiger partial charge on any atom is 0.311 e. The first-order valence-corrected chi connectivity index (χ1v) is 6.90. The van der Waals surface area contributed by atoms with Crippen LogP contribution in [0.25, 0.3) is 0 Å². The number of rotatable bonds is 5. The van der Waals surface area contributed by atoms with Crippen LogP contribution in [0.15, 0.2) is 42.6 Å². The molecule has 1 aliphatic rings. The molecule has 1 amide bonds. The number of carbonyl (C=O) groups excluding carboxylic acids is 1. The Kier molecular flexibility index (Phi) is 3.69. The Bertz CT molecular complexity index is 732. The summed E-state index contributed by atoms with van der Waals surface area (Å²) in [4.78, 5) is 26.4. The van der Waals surface area contributed by atoms with Crippen LogP contribution in [0.3, 0.4) is 0 Å². The molecule has 0 saturated carbocycles. The van der Waals surface area contributed by atoms with Gasteiger partial charge in [0, 0.05) is 24.5 Å². The summed E-state index contributed by atoms with van der Waals surface area (Å²) < 4.78 is 0. The molecule has 112 valence electrons. The summed E-state index contributed by atoms with van der Waals surface area (Å²) in [5, 5.41) is 16.7. The summed E-state index contributed by atoms with van der Waals surface area (Å²) in [5.74, 6) is -0.0656. The van der Waals surface area contributed by atoms with Crippen molar-refractivity contribution in [3.63, 3.8) is 0 Å². The number of para-hydroxylation sites is 1. The molecule has 0 spiro atoms.